The van der Waals surface area contributed by atoms with Gasteiger partial charge in [0, 0.05) is 12.9 Å². The summed E-state index contributed by atoms with van der Waals surface area (Å²) in [7, 11) is -5.05. The average Bonchev–Trinajstić information content (AvgIpc) is 2.46. The predicted octanol–water partition coefficient (Wildman–Crippen LogP) is 7.29. The highest BCUT2D eigenvalue weighted by Gasteiger charge is 2.37. The van der Waals surface area contributed by atoms with E-state index in [4.69, 9.17) is 4.43 Å². The van der Waals surface area contributed by atoms with E-state index >= 15 is 0 Å². The summed E-state index contributed by atoms with van der Waals surface area (Å²) in [4.78, 5) is 0. The zero-order valence-corrected chi connectivity index (χ0v) is 24.8. The van der Waals surface area contributed by atoms with E-state index in [0.717, 1.165) is 0 Å². The highest BCUT2D eigenvalue weighted by atomic mass is 29.6. The van der Waals surface area contributed by atoms with Gasteiger partial charge in [0.2, 0.25) is 8.32 Å². The van der Waals surface area contributed by atoms with E-state index in [0.29, 0.717) is 0 Å². The fraction of sp³-hybridized carbons (Fsp3) is 0.609. The van der Waals surface area contributed by atoms with E-state index in [-0.39, 0.29) is 5.41 Å². The number of hydrogen-bond acceptors (Lipinski definition) is 1. The molecule has 0 bridgehead atoms. The maximum absolute atomic E-state index is 6.79. The second-order valence-corrected chi connectivity index (χ2v) is 40.2. The molecule has 0 saturated heterocycles. The standard InChI is InChI=1S/C23H44OSi4/c1-19(22(23(2,3)4)24-26(5,6)7)21(20-17-15-14-16-18-20)25(27(8,9)10)28(11,12)13/h14-18H,1-13H3/b22-19+. The zero-order valence-electron chi connectivity index (χ0n) is 20.8. The second kappa shape index (κ2) is 8.70. The number of allylic oxidation sites excluding steroid dienone is 2. The van der Waals surface area contributed by atoms with Gasteiger partial charge in [-0.1, -0.05) is 90.4 Å². The molecule has 1 aromatic rings. The molecule has 0 aliphatic heterocycles. The quantitative estimate of drug-likeness (QED) is 0.328. The van der Waals surface area contributed by atoms with Crippen LogP contribution in [0.4, 0.5) is 0 Å². The molecule has 0 amide bonds. The molecule has 158 valence electrons. The van der Waals surface area contributed by atoms with E-state index < -0.39 is 30.9 Å². The van der Waals surface area contributed by atoms with Crippen molar-refractivity contribution in [3.05, 3.63) is 47.2 Å². The van der Waals surface area contributed by atoms with Crippen molar-refractivity contribution in [1.82, 2.24) is 0 Å². The molecule has 28 heavy (non-hydrogen) atoms. The van der Waals surface area contributed by atoms with Gasteiger partial charge < -0.3 is 4.43 Å². The van der Waals surface area contributed by atoms with Crippen LogP contribution in [0.5, 0.6) is 0 Å². The molecule has 1 rings (SSSR count). The fourth-order valence-corrected chi connectivity index (χ4v) is 43.5. The molecule has 0 aliphatic rings. The van der Waals surface area contributed by atoms with Crippen molar-refractivity contribution in [2.45, 2.75) is 86.6 Å². The van der Waals surface area contributed by atoms with Crippen LogP contribution in [-0.4, -0.2) is 36.1 Å². The first kappa shape index (κ1) is 25.5. The van der Waals surface area contributed by atoms with Crippen molar-refractivity contribution < 1.29 is 4.43 Å². The van der Waals surface area contributed by atoms with Crippen LogP contribution in [0.15, 0.2) is 41.7 Å². The summed E-state index contributed by atoms with van der Waals surface area (Å²) >= 11 is 0. The lowest BCUT2D eigenvalue weighted by molar-refractivity contribution is 0.286. The topological polar surface area (TPSA) is 9.23 Å². The third-order valence-electron chi connectivity index (χ3n) is 4.62. The minimum Gasteiger partial charge on any atom is -0.547 e. The Labute approximate surface area is 179 Å². The van der Waals surface area contributed by atoms with Gasteiger partial charge in [-0.25, -0.2) is 0 Å². The van der Waals surface area contributed by atoms with E-state index in [2.05, 4.69) is 117 Å². The van der Waals surface area contributed by atoms with Gasteiger partial charge in [-0.15, -0.1) is 0 Å². The minimum atomic E-state index is -1.70. The molecule has 0 unspecified atom stereocenters. The van der Waals surface area contributed by atoms with Crippen LogP contribution in [-0.2, 0) is 4.43 Å². The molecule has 0 aliphatic carbocycles. The predicted molar refractivity (Wildman–Crippen MR) is 140 cm³/mol. The monoisotopic (exact) mass is 448 g/mol. The molecule has 0 saturated carbocycles. The van der Waals surface area contributed by atoms with Crippen molar-refractivity contribution in [3.63, 3.8) is 0 Å². The Hall–Kier alpha value is -0.502. The Bertz CT molecular complexity index is 718. The minimum absolute atomic E-state index is 0.0102. The summed E-state index contributed by atoms with van der Waals surface area (Å²) in [5.41, 5.74) is 2.87. The number of benzene rings is 1. The highest BCUT2D eigenvalue weighted by Crippen LogP contribution is 2.34. The van der Waals surface area contributed by atoms with Gasteiger partial charge >= 0.3 is 0 Å². The normalized spacial score (nSPS) is 14.5. The summed E-state index contributed by atoms with van der Waals surface area (Å²) in [6.07, 6.45) is 0. The van der Waals surface area contributed by atoms with Gasteiger partial charge in [-0.3, -0.25) is 0 Å². The molecule has 0 atom stereocenters. The van der Waals surface area contributed by atoms with Crippen molar-refractivity contribution in [1.29, 1.82) is 0 Å². The Morgan fingerprint density at radius 1 is 0.786 bits per heavy atom. The molecule has 0 spiro atoms. The number of rotatable bonds is 6. The van der Waals surface area contributed by atoms with Crippen molar-refractivity contribution in [3.8, 4) is 0 Å². The SMILES string of the molecule is C/C(C(c1ccccc1)=[Si]([Si](C)(C)C)[Si](C)(C)C)=C(\O[Si](C)(C)C)C(C)(C)C. The van der Waals surface area contributed by atoms with Crippen molar-refractivity contribution in [2.75, 3.05) is 0 Å². The maximum atomic E-state index is 6.79. The second-order valence-electron chi connectivity index (χ2n) is 12.0. The van der Waals surface area contributed by atoms with Gasteiger partial charge in [0.25, 0.3) is 0 Å². The molecule has 5 heteroatoms. The molecule has 1 nitrogen and oxygen atoms in total. The Morgan fingerprint density at radius 2 is 1.21 bits per heavy atom. The van der Waals surface area contributed by atoms with Crippen LogP contribution in [0.25, 0.3) is 0 Å². The summed E-state index contributed by atoms with van der Waals surface area (Å²) in [5, 5.41) is 1.66. The van der Waals surface area contributed by atoms with E-state index in [1.165, 1.54) is 16.9 Å². The molecule has 0 radical (unpaired) electrons. The molecule has 1 aromatic carbocycles. The molecule has 0 aromatic heterocycles. The maximum Gasteiger partial charge on any atom is 0.241 e. The van der Waals surface area contributed by atoms with Crippen LogP contribution in [0.2, 0.25) is 58.9 Å². The van der Waals surface area contributed by atoms with Crippen LogP contribution >= 0.6 is 0 Å². The molecule has 0 N–H and O–H groups in total. The lowest BCUT2D eigenvalue weighted by Gasteiger charge is -2.37. The summed E-state index contributed by atoms with van der Waals surface area (Å²) in [6, 6.07) is 11.2. The zero-order chi connectivity index (χ0) is 22.1. The first-order valence-electron chi connectivity index (χ1n) is 10.6. The van der Waals surface area contributed by atoms with Crippen LogP contribution in [0.1, 0.15) is 33.3 Å². The summed E-state index contributed by atoms with van der Waals surface area (Å²) in [6.45, 7) is 31.7. The van der Waals surface area contributed by atoms with E-state index in [1.54, 1.807) is 5.17 Å². The Morgan fingerprint density at radius 3 is 1.54 bits per heavy atom. The average molecular weight is 449 g/mol. The van der Waals surface area contributed by atoms with Gasteiger partial charge in [0.1, 0.15) is 0 Å². The third kappa shape index (κ3) is 7.08. The lowest BCUT2D eigenvalue weighted by Crippen LogP contribution is -2.56. The van der Waals surface area contributed by atoms with Crippen molar-refractivity contribution in [2.24, 2.45) is 5.41 Å². The first-order chi connectivity index (χ1) is 12.4. The first-order valence-corrected chi connectivity index (χ1v) is 24.5. The van der Waals surface area contributed by atoms with Crippen LogP contribution < -0.4 is 0 Å². The lowest BCUT2D eigenvalue weighted by atomic mass is 9.89. The molecular weight excluding hydrogens is 405 g/mol. The Balaban J connectivity index is 4.09. The molecular formula is C23H44OSi4. The van der Waals surface area contributed by atoms with Crippen molar-refractivity contribution >= 4 is 36.1 Å². The smallest absolute Gasteiger partial charge is 0.241 e. The third-order valence-corrected chi connectivity index (χ3v) is 33.6. The van der Waals surface area contributed by atoms with Gasteiger partial charge in [0.05, 0.1) is 20.9 Å². The van der Waals surface area contributed by atoms with Crippen LogP contribution in [0.3, 0.4) is 0 Å². The van der Waals surface area contributed by atoms with E-state index in [1.807, 2.05) is 0 Å². The fourth-order valence-electron chi connectivity index (χ4n) is 4.24. The summed E-state index contributed by atoms with van der Waals surface area (Å²) in [5.74, 6) is 1.23. The van der Waals surface area contributed by atoms with E-state index in [9.17, 15) is 0 Å². The molecule has 0 heterocycles. The van der Waals surface area contributed by atoms with Gasteiger partial charge in [0.15, 0.2) is 0 Å². The largest absolute Gasteiger partial charge is 0.547 e. The van der Waals surface area contributed by atoms with Crippen LogP contribution in [0, 0.1) is 5.41 Å². The van der Waals surface area contributed by atoms with Gasteiger partial charge in [-0.05, 0) is 42.9 Å². The summed E-state index contributed by atoms with van der Waals surface area (Å²) < 4.78 is 6.79. The number of hydrogen-bond donors (Lipinski definition) is 0. The molecule has 0 fully saturated rings. The Kier molecular flexibility index (Phi) is 7.93. The highest BCUT2D eigenvalue weighted by molar-refractivity contribution is 7.61. The van der Waals surface area contributed by atoms with Gasteiger partial charge in [-0.2, -0.15) is 0 Å².